The average molecular weight is 389 g/mol. The van der Waals surface area contributed by atoms with Gasteiger partial charge in [0.1, 0.15) is 11.1 Å². The van der Waals surface area contributed by atoms with E-state index in [1.165, 1.54) is 16.2 Å². The van der Waals surface area contributed by atoms with Crippen molar-refractivity contribution < 1.29 is 4.79 Å². The fourth-order valence-corrected chi connectivity index (χ4v) is 5.10. The van der Waals surface area contributed by atoms with Crippen LogP contribution in [0.25, 0.3) is 5.69 Å². The van der Waals surface area contributed by atoms with E-state index >= 15 is 0 Å². The van der Waals surface area contributed by atoms with Gasteiger partial charge in [0.25, 0.3) is 5.91 Å². The first-order valence-electron chi connectivity index (χ1n) is 9.63. The number of nitrogens with one attached hydrogen (secondary N) is 1. The molecule has 6 nitrogen and oxygen atoms in total. The van der Waals surface area contributed by atoms with Crippen LogP contribution in [0, 0.1) is 11.3 Å². The Bertz CT molecular complexity index is 1090. The van der Waals surface area contributed by atoms with Crippen LogP contribution in [-0.2, 0) is 12.8 Å². The Balaban J connectivity index is 1.50. The summed E-state index contributed by atoms with van der Waals surface area (Å²) in [4.78, 5) is 14.3. The predicted octanol–water partition coefficient (Wildman–Crippen LogP) is 4.21. The number of benzene rings is 1. The molecule has 0 unspecified atom stereocenters. The fourth-order valence-electron chi connectivity index (χ4n) is 3.87. The molecule has 0 bridgehead atoms. The first-order valence-corrected chi connectivity index (χ1v) is 10.4. The highest BCUT2D eigenvalue weighted by atomic mass is 32.1. The molecule has 2 aromatic heterocycles. The van der Waals surface area contributed by atoms with E-state index in [1.54, 1.807) is 4.68 Å². The highest BCUT2D eigenvalue weighted by Crippen LogP contribution is 2.42. The summed E-state index contributed by atoms with van der Waals surface area (Å²) in [5.41, 5.74) is 3.87. The molecule has 0 saturated heterocycles. The lowest BCUT2D eigenvalue weighted by Gasteiger charge is -2.09. The van der Waals surface area contributed by atoms with Crippen LogP contribution in [0.15, 0.2) is 30.3 Å². The molecule has 140 valence electrons. The van der Waals surface area contributed by atoms with E-state index in [4.69, 9.17) is 0 Å². The Morgan fingerprint density at radius 1 is 1.21 bits per heavy atom. The molecular formula is C21H19N5OS. The summed E-state index contributed by atoms with van der Waals surface area (Å²) in [6.07, 6.45) is 6.23. The summed E-state index contributed by atoms with van der Waals surface area (Å²) in [7, 11) is 0. The number of anilines is 1. The van der Waals surface area contributed by atoms with Gasteiger partial charge in [0.05, 0.1) is 16.9 Å². The number of para-hydroxylation sites is 1. The average Bonchev–Trinajstić information content (AvgIpc) is 3.37. The van der Waals surface area contributed by atoms with Crippen molar-refractivity contribution in [2.75, 3.05) is 5.32 Å². The molecular weight excluding hydrogens is 370 g/mol. The van der Waals surface area contributed by atoms with Crippen LogP contribution in [0.2, 0.25) is 0 Å². The van der Waals surface area contributed by atoms with Gasteiger partial charge in [-0.1, -0.05) is 23.4 Å². The molecule has 1 fully saturated rings. The number of nitrogens with zero attached hydrogens (tertiary/aromatic N) is 4. The van der Waals surface area contributed by atoms with Crippen molar-refractivity contribution in [1.29, 1.82) is 5.26 Å². The Labute approximate surface area is 166 Å². The largest absolute Gasteiger partial charge is 0.311 e. The molecule has 7 heteroatoms. The van der Waals surface area contributed by atoms with Crippen molar-refractivity contribution in [2.24, 2.45) is 0 Å². The molecule has 1 amide bonds. The predicted molar refractivity (Wildman–Crippen MR) is 107 cm³/mol. The molecule has 28 heavy (non-hydrogen) atoms. The normalized spacial score (nSPS) is 15.7. The highest BCUT2D eigenvalue weighted by Gasteiger charge is 2.34. The maximum Gasteiger partial charge on any atom is 0.278 e. The van der Waals surface area contributed by atoms with Gasteiger partial charge >= 0.3 is 0 Å². The van der Waals surface area contributed by atoms with Crippen molar-refractivity contribution in [1.82, 2.24) is 15.0 Å². The lowest BCUT2D eigenvalue weighted by atomic mass is 9.96. The number of hydrogen-bond acceptors (Lipinski definition) is 5. The van der Waals surface area contributed by atoms with Crippen molar-refractivity contribution in [3.05, 3.63) is 57.7 Å². The van der Waals surface area contributed by atoms with E-state index in [-0.39, 0.29) is 5.91 Å². The highest BCUT2D eigenvalue weighted by molar-refractivity contribution is 7.16. The van der Waals surface area contributed by atoms with Gasteiger partial charge in [0, 0.05) is 10.8 Å². The van der Waals surface area contributed by atoms with Crippen molar-refractivity contribution in [3.63, 3.8) is 0 Å². The molecule has 0 radical (unpaired) electrons. The Morgan fingerprint density at radius 2 is 2.00 bits per heavy atom. The molecule has 0 aliphatic heterocycles. The smallest absolute Gasteiger partial charge is 0.278 e. The number of carbonyl (C=O) groups is 1. The van der Waals surface area contributed by atoms with Crippen LogP contribution in [-0.4, -0.2) is 20.9 Å². The van der Waals surface area contributed by atoms with Crippen molar-refractivity contribution in [2.45, 2.75) is 44.4 Å². The van der Waals surface area contributed by atoms with Crippen molar-refractivity contribution >= 4 is 22.2 Å². The first kappa shape index (κ1) is 17.1. The van der Waals surface area contributed by atoms with Crippen LogP contribution >= 0.6 is 11.3 Å². The quantitative estimate of drug-likeness (QED) is 0.724. The van der Waals surface area contributed by atoms with E-state index in [1.807, 2.05) is 30.3 Å². The Morgan fingerprint density at radius 3 is 2.75 bits per heavy atom. The minimum atomic E-state index is -0.279. The van der Waals surface area contributed by atoms with Gasteiger partial charge in [-0.05, 0) is 56.2 Å². The number of amides is 1. The number of hydrogen-bond donors (Lipinski definition) is 1. The summed E-state index contributed by atoms with van der Waals surface area (Å²) < 4.78 is 1.78. The minimum Gasteiger partial charge on any atom is -0.311 e. The van der Waals surface area contributed by atoms with Gasteiger partial charge in [-0.15, -0.1) is 16.4 Å². The lowest BCUT2D eigenvalue weighted by molar-refractivity contribution is 0.102. The zero-order valence-electron chi connectivity index (χ0n) is 15.3. The number of rotatable bonds is 4. The molecule has 2 aliphatic carbocycles. The summed E-state index contributed by atoms with van der Waals surface area (Å²) in [5.74, 6) is 0.0297. The molecule has 1 N–H and O–H groups in total. The maximum absolute atomic E-state index is 13.1. The topological polar surface area (TPSA) is 83.6 Å². The third-order valence-electron chi connectivity index (χ3n) is 5.40. The van der Waals surface area contributed by atoms with Gasteiger partial charge in [0.15, 0.2) is 5.69 Å². The van der Waals surface area contributed by atoms with E-state index in [2.05, 4.69) is 21.7 Å². The molecule has 1 saturated carbocycles. The van der Waals surface area contributed by atoms with E-state index in [0.717, 1.165) is 55.5 Å². The van der Waals surface area contributed by atoms with Crippen LogP contribution in [0.5, 0.6) is 0 Å². The third kappa shape index (κ3) is 2.90. The molecule has 0 spiro atoms. The standard InChI is InChI=1S/C21H19N5OS/c22-12-16-15-8-4-5-9-17(15)28-21(16)23-20(27)18-19(13-10-11-13)26(25-24-18)14-6-2-1-3-7-14/h1-3,6-7,13H,4-5,8-11H2,(H,23,27). The number of aromatic nitrogens is 3. The molecule has 5 rings (SSSR count). The van der Waals surface area contributed by atoms with E-state index in [9.17, 15) is 10.1 Å². The molecule has 2 aliphatic rings. The lowest BCUT2D eigenvalue weighted by Crippen LogP contribution is -2.15. The van der Waals surface area contributed by atoms with Gasteiger partial charge < -0.3 is 5.32 Å². The van der Waals surface area contributed by atoms with Gasteiger partial charge in [-0.25, -0.2) is 4.68 Å². The second-order valence-electron chi connectivity index (χ2n) is 7.33. The van der Waals surface area contributed by atoms with E-state index in [0.29, 0.717) is 22.2 Å². The monoisotopic (exact) mass is 389 g/mol. The van der Waals surface area contributed by atoms with Gasteiger partial charge in [0.2, 0.25) is 0 Å². The number of thiophene rings is 1. The zero-order valence-corrected chi connectivity index (χ0v) is 16.1. The molecule has 1 aromatic carbocycles. The molecule has 3 aromatic rings. The van der Waals surface area contributed by atoms with Crippen LogP contribution < -0.4 is 5.32 Å². The maximum atomic E-state index is 13.1. The van der Waals surface area contributed by atoms with Crippen molar-refractivity contribution in [3.8, 4) is 11.8 Å². The van der Waals surface area contributed by atoms with Crippen LogP contribution in [0.4, 0.5) is 5.00 Å². The van der Waals surface area contributed by atoms with Crippen LogP contribution in [0.1, 0.15) is 63.8 Å². The fraction of sp³-hybridized carbons (Fsp3) is 0.333. The van der Waals surface area contributed by atoms with Gasteiger partial charge in [-0.3, -0.25) is 4.79 Å². The number of nitriles is 1. The summed E-state index contributed by atoms with van der Waals surface area (Å²) in [6.45, 7) is 0. The Hall–Kier alpha value is -2.98. The zero-order chi connectivity index (χ0) is 19.1. The van der Waals surface area contributed by atoms with E-state index < -0.39 is 0 Å². The SMILES string of the molecule is N#Cc1c(NC(=O)c2nnn(-c3ccccc3)c2C2CC2)sc2c1CCCC2. The Kier molecular flexibility index (Phi) is 4.21. The minimum absolute atomic E-state index is 0.279. The molecule has 0 atom stereocenters. The first-order chi connectivity index (χ1) is 13.8. The second-order valence-corrected chi connectivity index (χ2v) is 8.43. The van der Waals surface area contributed by atoms with Gasteiger partial charge in [-0.2, -0.15) is 5.26 Å². The summed E-state index contributed by atoms with van der Waals surface area (Å²) >= 11 is 1.53. The van der Waals surface area contributed by atoms with Crippen LogP contribution in [0.3, 0.4) is 0 Å². The summed E-state index contributed by atoms with van der Waals surface area (Å²) in [6, 6.07) is 12.1. The number of carbonyl (C=O) groups excluding carboxylic acids is 1. The number of aryl methyl sites for hydroxylation is 1. The third-order valence-corrected chi connectivity index (χ3v) is 6.60. The summed E-state index contributed by atoms with van der Waals surface area (Å²) in [5, 5.41) is 21.7. The second kappa shape index (κ2) is 6.88. The number of fused-ring (bicyclic) bond motifs is 1. The molecule has 2 heterocycles.